The molecule has 3 rings (SSSR count). The predicted molar refractivity (Wildman–Crippen MR) is 115 cm³/mol. The van der Waals surface area contributed by atoms with Crippen LogP contribution in [0.3, 0.4) is 0 Å². The molecule has 0 atom stereocenters. The van der Waals surface area contributed by atoms with Gasteiger partial charge in [0.1, 0.15) is 21.7 Å². The maximum Gasteiger partial charge on any atom is 0.190 e. The minimum atomic E-state index is -0.669. The summed E-state index contributed by atoms with van der Waals surface area (Å²) in [4.78, 5) is 12.8. The van der Waals surface area contributed by atoms with Crippen molar-refractivity contribution in [3.05, 3.63) is 80.3 Å². The standard InChI is InChI=1S/C21H18Cl2F2N2OS/c1-21(2,3)20-26-27(11-12-7-8-13(24)9-16(12)25)18(29-20)10-17(28)14-5-4-6-15(22)19(14)23/h4-10H,11H2,1-3H3. The SMILES string of the molecule is CC(C)(C)C1=NN(Cc2ccc(F)cc2F)C(=CC(=O)c2cccc(Cl)c2Cl)S1. The zero-order valence-electron chi connectivity index (χ0n) is 16.0. The van der Waals surface area contributed by atoms with Crippen molar-refractivity contribution in [1.29, 1.82) is 0 Å². The molecule has 0 unspecified atom stereocenters. The summed E-state index contributed by atoms with van der Waals surface area (Å²) in [5.74, 6) is -1.66. The van der Waals surface area contributed by atoms with Crippen molar-refractivity contribution in [3.63, 3.8) is 0 Å². The Morgan fingerprint density at radius 1 is 1.21 bits per heavy atom. The number of benzene rings is 2. The first-order valence-electron chi connectivity index (χ1n) is 8.74. The van der Waals surface area contributed by atoms with Crippen LogP contribution in [0.2, 0.25) is 10.0 Å². The second kappa shape index (κ2) is 8.46. The van der Waals surface area contributed by atoms with Gasteiger partial charge >= 0.3 is 0 Å². The van der Waals surface area contributed by atoms with Crippen LogP contribution in [0.1, 0.15) is 36.7 Å². The smallest absolute Gasteiger partial charge is 0.190 e. The van der Waals surface area contributed by atoms with Gasteiger partial charge in [-0.2, -0.15) is 5.10 Å². The van der Waals surface area contributed by atoms with E-state index >= 15 is 0 Å². The highest BCUT2D eigenvalue weighted by Crippen LogP contribution is 2.39. The molecule has 2 aromatic rings. The van der Waals surface area contributed by atoms with Crippen LogP contribution in [0.15, 0.2) is 52.6 Å². The van der Waals surface area contributed by atoms with Gasteiger partial charge in [-0.05, 0) is 18.2 Å². The van der Waals surface area contributed by atoms with E-state index in [1.807, 2.05) is 20.8 Å². The predicted octanol–water partition coefficient (Wildman–Crippen LogP) is 6.90. The number of halogens is 4. The molecule has 3 nitrogen and oxygen atoms in total. The first-order valence-corrected chi connectivity index (χ1v) is 10.3. The van der Waals surface area contributed by atoms with Gasteiger partial charge in [0.25, 0.3) is 0 Å². The summed E-state index contributed by atoms with van der Waals surface area (Å²) >= 11 is 13.5. The second-order valence-corrected chi connectivity index (χ2v) is 9.29. The Bertz CT molecular complexity index is 1030. The molecule has 0 N–H and O–H groups in total. The summed E-state index contributed by atoms with van der Waals surface area (Å²) in [5, 5.41) is 7.86. The Morgan fingerprint density at radius 2 is 1.93 bits per heavy atom. The summed E-state index contributed by atoms with van der Waals surface area (Å²) < 4.78 is 27.4. The average Bonchev–Trinajstić information content (AvgIpc) is 3.02. The Hall–Kier alpha value is -1.89. The fourth-order valence-corrected chi connectivity index (χ4v) is 3.96. The van der Waals surface area contributed by atoms with Crippen LogP contribution in [0, 0.1) is 17.0 Å². The van der Waals surface area contributed by atoms with Crippen molar-refractivity contribution in [2.45, 2.75) is 27.3 Å². The lowest BCUT2D eigenvalue weighted by Crippen LogP contribution is -2.16. The highest BCUT2D eigenvalue weighted by atomic mass is 35.5. The molecule has 29 heavy (non-hydrogen) atoms. The lowest BCUT2D eigenvalue weighted by molar-refractivity contribution is 0.104. The highest BCUT2D eigenvalue weighted by Gasteiger charge is 2.31. The average molecular weight is 455 g/mol. The van der Waals surface area contributed by atoms with Gasteiger partial charge in [-0.25, -0.2) is 8.78 Å². The van der Waals surface area contributed by atoms with E-state index in [9.17, 15) is 13.6 Å². The summed E-state index contributed by atoms with van der Waals surface area (Å²) in [7, 11) is 0. The molecule has 2 aromatic carbocycles. The minimum absolute atomic E-state index is 0.0566. The fraction of sp³-hybridized carbons (Fsp3) is 0.238. The topological polar surface area (TPSA) is 32.7 Å². The molecule has 0 aliphatic carbocycles. The maximum atomic E-state index is 14.1. The molecule has 1 aliphatic rings. The monoisotopic (exact) mass is 454 g/mol. The van der Waals surface area contributed by atoms with Crippen LogP contribution in [0.5, 0.6) is 0 Å². The Kier molecular flexibility index (Phi) is 6.36. The van der Waals surface area contributed by atoms with Gasteiger partial charge in [-0.15, -0.1) is 0 Å². The van der Waals surface area contributed by atoms with E-state index < -0.39 is 11.6 Å². The summed E-state index contributed by atoms with van der Waals surface area (Å²) in [6, 6.07) is 8.21. The summed E-state index contributed by atoms with van der Waals surface area (Å²) in [6.45, 7) is 6.04. The highest BCUT2D eigenvalue weighted by molar-refractivity contribution is 8.17. The molecule has 0 spiro atoms. The van der Waals surface area contributed by atoms with Gasteiger partial charge in [0.05, 0.1) is 16.6 Å². The molecule has 1 aliphatic heterocycles. The number of carbonyl (C=O) groups is 1. The van der Waals surface area contributed by atoms with Crippen LogP contribution in [0.4, 0.5) is 8.78 Å². The molecule has 0 radical (unpaired) electrons. The Labute approximate surface area is 182 Å². The van der Waals surface area contributed by atoms with Crippen LogP contribution in [0.25, 0.3) is 0 Å². The van der Waals surface area contributed by atoms with Gasteiger partial charge in [0, 0.05) is 28.7 Å². The fourth-order valence-electron chi connectivity index (χ4n) is 2.55. The van der Waals surface area contributed by atoms with E-state index in [1.54, 1.807) is 18.2 Å². The van der Waals surface area contributed by atoms with E-state index in [1.165, 1.54) is 35.0 Å². The number of hydrogen-bond donors (Lipinski definition) is 0. The lowest BCUT2D eigenvalue weighted by atomic mass is 9.99. The number of nitrogens with zero attached hydrogens (tertiary/aromatic N) is 2. The second-order valence-electron chi connectivity index (χ2n) is 7.50. The number of ketones is 1. The van der Waals surface area contributed by atoms with Crippen molar-refractivity contribution in [2.75, 3.05) is 0 Å². The normalized spacial score (nSPS) is 15.8. The minimum Gasteiger partial charge on any atom is -0.289 e. The third-order valence-corrected chi connectivity index (χ3v) is 6.36. The van der Waals surface area contributed by atoms with Crippen LogP contribution < -0.4 is 0 Å². The molecule has 8 heteroatoms. The van der Waals surface area contributed by atoms with Gasteiger partial charge in [0.15, 0.2) is 5.78 Å². The van der Waals surface area contributed by atoms with Crippen LogP contribution >= 0.6 is 35.0 Å². The van der Waals surface area contributed by atoms with E-state index in [-0.39, 0.29) is 38.9 Å². The van der Waals surface area contributed by atoms with Crippen molar-refractivity contribution >= 4 is 45.8 Å². The lowest BCUT2D eigenvalue weighted by Gasteiger charge is -2.16. The summed E-state index contributed by atoms with van der Waals surface area (Å²) in [5.41, 5.74) is 0.269. The van der Waals surface area contributed by atoms with Crippen molar-refractivity contribution in [3.8, 4) is 0 Å². The zero-order chi connectivity index (χ0) is 21.3. The number of hydrazone groups is 1. The number of rotatable bonds is 4. The third-order valence-electron chi connectivity index (χ3n) is 4.12. The first kappa shape index (κ1) is 21.8. The first-order chi connectivity index (χ1) is 13.6. The van der Waals surface area contributed by atoms with E-state index in [2.05, 4.69) is 5.10 Å². The largest absolute Gasteiger partial charge is 0.289 e. The molecule has 0 aromatic heterocycles. The molecule has 0 bridgehead atoms. The molecular formula is C21H18Cl2F2N2OS. The molecule has 0 saturated heterocycles. The van der Waals surface area contributed by atoms with Gasteiger partial charge in [-0.1, -0.05) is 67.9 Å². The zero-order valence-corrected chi connectivity index (χ0v) is 18.3. The Morgan fingerprint density at radius 3 is 2.59 bits per heavy atom. The quantitative estimate of drug-likeness (QED) is 0.371. The third kappa shape index (κ3) is 5.00. The van der Waals surface area contributed by atoms with Crippen molar-refractivity contribution in [2.24, 2.45) is 10.5 Å². The molecule has 0 saturated carbocycles. The van der Waals surface area contributed by atoms with E-state index in [0.717, 1.165) is 11.1 Å². The molecule has 0 fully saturated rings. The maximum absolute atomic E-state index is 14.1. The number of hydrogen-bond acceptors (Lipinski definition) is 4. The number of carbonyl (C=O) groups excluding carboxylic acids is 1. The van der Waals surface area contributed by atoms with Gasteiger partial charge in [0.2, 0.25) is 0 Å². The van der Waals surface area contributed by atoms with Gasteiger partial charge in [-0.3, -0.25) is 9.80 Å². The number of thioether (sulfide) groups is 1. The van der Waals surface area contributed by atoms with E-state index in [4.69, 9.17) is 23.2 Å². The molecule has 1 heterocycles. The van der Waals surface area contributed by atoms with Crippen molar-refractivity contribution < 1.29 is 13.6 Å². The van der Waals surface area contributed by atoms with Crippen LogP contribution in [-0.4, -0.2) is 15.8 Å². The molecular weight excluding hydrogens is 437 g/mol. The Balaban J connectivity index is 1.96. The van der Waals surface area contributed by atoms with Crippen LogP contribution in [-0.2, 0) is 6.54 Å². The molecule has 152 valence electrons. The van der Waals surface area contributed by atoms with Gasteiger partial charge < -0.3 is 0 Å². The summed E-state index contributed by atoms with van der Waals surface area (Å²) in [6.07, 6.45) is 1.41. The van der Waals surface area contributed by atoms with Crippen molar-refractivity contribution in [1.82, 2.24) is 5.01 Å². The number of allylic oxidation sites excluding steroid dienone is 1. The van der Waals surface area contributed by atoms with E-state index in [0.29, 0.717) is 5.03 Å². The molecule has 0 amide bonds.